The van der Waals surface area contributed by atoms with Gasteiger partial charge in [-0.1, -0.05) is 32.6 Å². The van der Waals surface area contributed by atoms with Gasteiger partial charge in [0.2, 0.25) is 5.28 Å². The van der Waals surface area contributed by atoms with E-state index in [1.54, 1.807) is 0 Å². The Morgan fingerprint density at radius 3 is 2.78 bits per heavy atom. The van der Waals surface area contributed by atoms with Gasteiger partial charge in [0.1, 0.15) is 5.82 Å². The van der Waals surface area contributed by atoms with Crippen molar-refractivity contribution < 1.29 is 4.79 Å². The van der Waals surface area contributed by atoms with Crippen LogP contribution in [-0.4, -0.2) is 22.4 Å². The van der Waals surface area contributed by atoms with Gasteiger partial charge >= 0.3 is 0 Å². The third-order valence-corrected chi connectivity index (χ3v) is 2.78. The molecule has 0 bridgehead atoms. The fourth-order valence-electron chi connectivity index (χ4n) is 1.61. The molecule has 1 rings (SSSR count). The highest BCUT2D eigenvalue weighted by molar-refractivity contribution is 6.28. The zero-order valence-corrected chi connectivity index (χ0v) is 11.3. The summed E-state index contributed by atoms with van der Waals surface area (Å²) in [6, 6.07) is 0. The van der Waals surface area contributed by atoms with Gasteiger partial charge < -0.3 is 11.1 Å². The van der Waals surface area contributed by atoms with Gasteiger partial charge in [-0.25, -0.2) is 4.98 Å². The number of amides is 1. The average molecular weight is 271 g/mol. The lowest BCUT2D eigenvalue weighted by Gasteiger charge is -2.08. The summed E-state index contributed by atoms with van der Waals surface area (Å²) in [4.78, 5) is 18.9. The molecule has 0 saturated heterocycles. The van der Waals surface area contributed by atoms with Gasteiger partial charge in [-0.05, 0) is 18.0 Å². The highest BCUT2D eigenvalue weighted by Crippen LogP contribution is 2.13. The molecule has 18 heavy (non-hydrogen) atoms. The van der Waals surface area contributed by atoms with Crippen LogP contribution in [0.15, 0.2) is 6.20 Å². The lowest BCUT2D eigenvalue weighted by Crippen LogP contribution is -2.16. The topological polar surface area (TPSA) is 80.9 Å². The SMILES string of the molecule is CCCCCCCNc1nc(Cl)ncc1C(N)=O. The molecule has 0 aliphatic rings. The molecule has 0 aromatic carbocycles. The Morgan fingerprint density at radius 2 is 2.11 bits per heavy atom. The van der Waals surface area contributed by atoms with Crippen LogP contribution >= 0.6 is 11.6 Å². The van der Waals surface area contributed by atoms with E-state index in [0.717, 1.165) is 19.4 Å². The molecule has 0 unspecified atom stereocenters. The van der Waals surface area contributed by atoms with Gasteiger partial charge in [0.05, 0.1) is 5.56 Å². The van der Waals surface area contributed by atoms with E-state index in [1.165, 1.54) is 25.5 Å². The minimum Gasteiger partial charge on any atom is -0.369 e. The standard InChI is InChI=1S/C12H19ClN4O/c1-2-3-4-5-6-7-15-11-9(10(14)18)8-16-12(13)17-11/h8H,2-7H2,1H3,(H2,14,18)(H,15,16,17). The van der Waals surface area contributed by atoms with Crippen molar-refractivity contribution in [1.82, 2.24) is 9.97 Å². The van der Waals surface area contributed by atoms with Gasteiger partial charge in [0.15, 0.2) is 0 Å². The van der Waals surface area contributed by atoms with E-state index in [1.807, 2.05) is 0 Å². The molecule has 1 amide bonds. The number of rotatable bonds is 8. The Kier molecular flexibility index (Phi) is 6.43. The summed E-state index contributed by atoms with van der Waals surface area (Å²) in [7, 11) is 0. The molecule has 1 aromatic rings. The van der Waals surface area contributed by atoms with Crippen LogP contribution in [0.2, 0.25) is 5.28 Å². The lowest BCUT2D eigenvalue weighted by molar-refractivity contribution is 0.100. The molecule has 0 radical (unpaired) electrons. The number of nitrogens with one attached hydrogen (secondary N) is 1. The van der Waals surface area contributed by atoms with Crippen LogP contribution in [0.5, 0.6) is 0 Å². The number of nitrogens with zero attached hydrogens (tertiary/aromatic N) is 2. The Labute approximate surface area is 112 Å². The number of carbonyl (C=O) groups is 1. The molecule has 0 atom stereocenters. The van der Waals surface area contributed by atoms with E-state index >= 15 is 0 Å². The highest BCUT2D eigenvalue weighted by atomic mass is 35.5. The minimum absolute atomic E-state index is 0.105. The molecule has 6 heteroatoms. The van der Waals surface area contributed by atoms with E-state index in [2.05, 4.69) is 22.2 Å². The molecule has 0 saturated carbocycles. The van der Waals surface area contributed by atoms with E-state index in [4.69, 9.17) is 17.3 Å². The van der Waals surface area contributed by atoms with Crippen LogP contribution in [0.25, 0.3) is 0 Å². The second-order valence-electron chi connectivity index (χ2n) is 4.11. The highest BCUT2D eigenvalue weighted by Gasteiger charge is 2.10. The van der Waals surface area contributed by atoms with Crippen LogP contribution in [0.4, 0.5) is 5.82 Å². The maximum Gasteiger partial charge on any atom is 0.254 e. The Morgan fingerprint density at radius 1 is 1.39 bits per heavy atom. The summed E-state index contributed by atoms with van der Waals surface area (Å²) < 4.78 is 0. The number of hydrogen-bond acceptors (Lipinski definition) is 4. The summed E-state index contributed by atoms with van der Waals surface area (Å²) in [6.07, 6.45) is 7.24. The zero-order chi connectivity index (χ0) is 13.4. The predicted octanol–water partition coefficient (Wildman–Crippen LogP) is 2.61. The Balaban J connectivity index is 2.45. The number of unbranched alkanes of at least 4 members (excludes halogenated alkanes) is 4. The summed E-state index contributed by atoms with van der Waals surface area (Å²) in [6.45, 7) is 2.93. The maximum atomic E-state index is 11.2. The summed E-state index contributed by atoms with van der Waals surface area (Å²) in [5.41, 5.74) is 5.50. The maximum absolute atomic E-state index is 11.2. The van der Waals surface area contributed by atoms with Gasteiger partial charge in [-0.3, -0.25) is 4.79 Å². The molecule has 1 aromatic heterocycles. The number of halogens is 1. The van der Waals surface area contributed by atoms with Crippen molar-refractivity contribution in [3.63, 3.8) is 0 Å². The molecule has 5 nitrogen and oxygen atoms in total. The molecule has 100 valence electrons. The molecule has 1 heterocycles. The minimum atomic E-state index is -0.555. The van der Waals surface area contributed by atoms with Crippen molar-refractivity contribution in [3.05, 3.63) is 17.0 Å². The van der Waals surface area contributed by atoms with Crippen molar-refractivity contribution in [2.24, 2.45) is 5.73 Å². The van der Waals surface area contributed by atoms with Crippen LogP contribution in [0, 0.1) is 0 Å². The zero-order valence-electron chi connectivity index (χ0n) is 10.6. The first-order valence-electron chi connectivity index (χ1n) is 6.21. The van der Waals surface area contributed by atoms with Crippen molar-refractivity contribution in [1.29, 1.82) is 0 Å². The first kappa shape index (κ1) is 14.7. The van der Waals surface area contributed by atoms with Crippen molar-refractivity contribution in [2.45, 2.75) is 39.0 Å². The van der Waals surface area contributed by atoms with E-state index < -0.39 is 5.91 Å². The van der Waals surface area contributed by atoms with Gasteiger partial charge in [0.25, 0.3) is 5.91 Å². The van der Waals surface area contributed by atoms with Crippen molar-refractivity contribution in [2.75, 3.05) is 11.9 Å². The molecular weight excluding hydrogens is 252 g/mol. The largest absolute Gasteiger partial charge is 0.369 e. The average Bonchev–Trinajstić information content (AvgIpc) is 2.33. The smallest absolute Gasteiger partial charge is 0.254 e. The third kappa shape index (κ3) is 4.87. The molecule has 0 fully saturated rings. The van der Waals surface area contributed by atoms with Crippen molar-refractivity contribution in [3.8, 4) is 0 Å². The summed E-state index contributed by atoms with van der Waals surface area (Å²) in [5, 5.41) is 3.18. The van der Waals surface area contributed by atoms with Crippen LogP contribution in [-0.2, 0) is 0 Å². The predicted molar refractivity (Wildman–Crippen MR) is 72.8 cm³/mol. The third-order valence-electron chi connectivity index (χ3n) is 2.60. The Hall–Kier alpha value is -1.36. The number of carbonyl (C=O) groups excluding carboxylic acids is 1. The first-order valence-corrected chi connectivity index (χ1v) is 6.59. The number of nitrogens with two attached hydrogens (primary N) is 1. The van der Waals surface area contributed by atoms with Crippen LogP contribution < -0.4 is 11.1 Å². The Bertz CT molecular complexity index is 398. The van der Waals surface area contributed by atoms with Crippen LogP contribution in [0.1, 0.15) is 49.4 Å². The normalized spacial score (nSPS) is 10.3. The van der Waals surface area contributed by atoms with E-state index in [0.29, 0.717) is 5.82 Å². The van der Waals surface area contributed by atoms with E-state index in [-0.39, 0.29) is 10.8 Å². The lowest BCUT2D eigenvalue weighted by atomic mass is 10.1. The molecule has 0 spiro atoms. The fourth-order valence-corrected chi connectivity index (χ4v) is 1.74. The van der Waals surface area contributed by atoms with E-state index in [9.17, 15) is 4.79 Å². The number of hydrogen-bond donors (Lipinski definition) is 2. The number of primary amides is 1. The molecule has 3 N–H and O–H groups in total. The van der Waals surface area contributed by atoms with Gasteiger partial charge in [0, 0.05) is 12.7 Å². The molecular formula is C12H19ClN4O. The van der Waals surface area contributed by atoms with Gasteiger partial charge in [-0.2, -0.15) is 4.98 Å². The van der Waals surface area contributed by atoms with Crippen molar-refractivity contribution >= 4 is 23.3 Å². The fraction of sp³-hybridized carbons (Fsp3) is 0.583. The second-order valence-corrected chi connectivity index (χ2v) is 4.44. The van der Waals surface area contributed by atoms with Crippen LogP contribution in [0.3, 0.4) is 0 Å². The number of aromatic nitrogens is 2. The molecule has 0 aliphatic heterocycles. The van der Waals surface area contributed by atoms with Gasteiger partial charge in [-0.15, -0.1) is 0 Å². The number of anilines is 1. The summed E-state index contributed by atoms with van der Waals surface area (Å²) >= 11 is 5.69. The second kappa shape index (κ2) is 7.87. The molecule has 0 aliphatic carbocycles. The monoisotopic (exact) mass is 270 g/mol. The first-order chi connectivity index (χ1) is 8.65. The summed E-state index contributed by atoms with van der Waals surface area (Å²) in [5.74, 6) is -0.141. The quantitative estimate of drug-likeness (QED) is 0.562.